The summed E-state index contributed by atoms with van der Waals surface area (Å²) in [7, 11) is 1.63. The second-order valence-electron chi connectivity index (χ2n) is 3.42. The van der Waals surface area contributed by atoms with Crippen LogP contribution in [0.2, 0.25) is 0 Å². The third-order valence-corrected chi connectivity index (χ3v) is 3.38. The van der Waals surface area contributed by atoms with Gasteiger partial charge in [0.15, 0.2) is 5.75 Å². The third-order valence-electron chi connectivity index (χ3n) is 2.54. The lowest BCUT2D eigenvalue weighted by atomic mass is 10.2. The third kappa shape index (κ3) is 2.17. The van der Waals surface area contributed by atoms with Crippen LogP contribution in [0.3, 0.4) is 0 Å². The van der Waals surface area contributed by atoms with Crippen molar-refractivity contribution in [3.63, 3.8) is 0 Å². The van der Waals surface area contributed by atoms with Crippen molar-refractivity contribution >= 4 is 11.3 Å². The van der Waals surface area contributed by atoms with Crippen molar-refractivity contribution in [1.82, 2.24) is 20.2 Å². The molecular weight excluding hydrogens is 238 g/mol. The highest BCUT2D eigenvalue weighted by Gasteiger charge is 2.23. The molecule has 0 amide bonds. The Balaban J connectivity index is 2.46. The molecule has 92 valence electrons. The van der Waals surface area contributed by atoms with E-state index in [2.05, 4.69) is 15.5 Å². The number of hydrogen-bond donors (Lipinski definition) is 2. The van der Waals surface area contributed by atoms with Gasteiger partial charge in [0.2, 0.25) is 0 Å². The highest BCUT2D eigenvalue weighted by molar-refractivity contribution is 7.09. The molecule has 0 fully saturated rings. The molecule has 0 radical (unpaired) electrons. The van der Waals surface area contributed by atoms with E-state index in [1.165, 1.54) is 0 Å². The monoisotopic (exact) mass is 253 g/mol. The van der Waals surface area contributed by atoms with Crippen LogP contribution in [0.1, 0.15) is 23.5 Å². The second kappa shape index (κ2) is 5.26. The molecule has 2 aromatic heterocycles. The number of nitrogens with two attached hydrogens (primary N) is 1. The minimum Gasteiger partial charge on any atom is -0.493 e. The van der Waals surface area contributed by atoms with Crippen molar-refractivity contribution in [2.24, 2.45) is 5.84 Å². The number of aromatic nitrogens is 3. The molecule has 0 aliphatic carbocycles. The van der Waals surface area contributed by atoms with Crippen molar-refractivity contribution in [2.45, 2.75) is 19.5 Å². The number of nitrogens with zero attached hydrogens (tertiary/aromatic N) is 3. The van der Waals surface area contributed by atoms with Gasteiger partial charge in [0.1, 0.15) is 11.7 Å². The lowest BCUT2D eigenvalue weighted by Crippen LogP contribution is -2.30. The maximum atomic E-state index is 5.63. The fraction of sp³-hybridized carbons (Fsp3) is 0.400. The summed E-state index contributed by atoms with van der Waals surface area (Å²) in [6.07, 6.45) is 3.49. The minimum absolute atomic E-state index is 0.153. The van der Waals surface area contributed by atoms with Crippen molar-refractivity contribution in [2.75, 3.05) is 7.11 Å². The topological polar surface area (TPSA) is 78.0 Å². The van der Waals surface area contributed by atoms with E-state index < -0.39 is 0 Å². The van der Waals surface area contributed by atoms with Crippen LogP contribution >= 0.6 is 11.3 Å². The Hall–Kier alpha value is -1.44. The number of thiazole rings is 1. The van der Waals surface area contributed by atoms with E-state index in [1.54, 1.807) is 36.4 Å². The Morgan fingerprint density at radius 2 is 2.41 bits per heavy atom. The molecule has 17 heavy (non-hydrogen) atoms. The summed E-state index contributed by atoms with van der Waals surface area (Å²) in [5.41, 5.74) is 5.48. The van der Waals surface area contributed by atoms with Crippen molar-refractivity contribution in [3.05, 3.63) is 28.5 Å². The fourth-order valence-corrected chi connectivity index (χ4v) is 2.42. The predicted octanol–water partition coefficient (Wildman–Crippen LogP) is 0.921. The van der Waals surface area contributed by atoms with E-state index in [1.807, 2.05) is 11.6 Å². The summed E-state index contributed by atoms with van der Waals surface area (Å²) in [4.78, 5) is 5.09. The van der Waals surface area contributed by atoms with E-state index in [9.17, 15) is 0 Å². The number of hydrazine groups is 1. The number of aryl methyl sites for hydroxylation is 1. The van der Waals surface area contributed by atoms with E-state index in [-0.39, 0.29) is 6.04 Å². The number of ether oxygens (including phenoxy) is 1. The normalized spacial score (nSPS) is 12.6. The lowest BCUT2D eigenvalue weighted by Gasteiger charge is -2.16. The first kappa shape index (κ1) is 12.0. The summed E-state index contributed by atoms with van der Waals surface area (Å²) >= 11 is 1.54. The average molecular weight is 253 g/mol. The zero-order valence-electron chi connectivity index (χ0n) is 9.75. The molecule has 0 spiro atoms. The van der Waals surface area contributed by atoms with Gasteiger partial charge in [0.05, 0.1) is 18.8 Å². The molecule has 0 saturated carbocycles. The highest BCUT2D eigenvalue weighted by Crippen LogP contribution is 2.30. The zero-order valence-corrected chi connectivity index (χ0v) is 10.6. The van der Waals surface area contributed by atoms with Crippen LogP contribution in [0.15, 0.2) is 17.9 Å². The van der Waals surface area contributed by atoms with Crippen LogP contribution in [0, 0.1) is 0 Å². The molecular formula is C10H15N5OS. The Bertz CT molecular complexity index is 446. The molecule has 2 heterocycles. The van der Waals surface area contributed by atoms with Gasteiger partial charge in [-0.1, -0.05) is 0 Å². The van der Waals surface area contributed by atoms with Crippen molar-refractivity contribution in [3.8, 4) is 5.75 Å². The molecule has 0 saturated heterocycles. The standard InChI is InChI=1S/C10H15N5OS/c1-3-15-10(7(16-2)4-13-15)9(14-11)8-5-12-6-17-8/h4-6,9,14H,3,11H2,1-2H3. The van der Waals surface area contributed by atoms with Gasteiger partial charge < -0.3 is 4.74 Å². The lowest BCUT2D eigenvalue weighted by molar-refractivity contribution is 0.400. The summed E-state index contributed by atoms with van der Waals surface area (Å²) < 4.78 is 7.18. The number of nitrogens with one attached hydrogen (secondary N) is 1. The van der Waals surface area contributed by atoms with Gasteiger partial charge in [0.25, 0.3) is 0 Å². The van der Waals surface area contributed by atoms with Crippen molar-refractivity contribution < 1.29 is 4.74 Å². The van der Waals surface area contributed by atoms with E-state index in [0.29, 0.717) is 0 Å². The first-order chi connectivity index (χ1) is 8.31. The Kier molecular flexibility index (Phi) is 3.72. The van der Waals surface area contributed by atoms with Gasteiger partial charge in [-0.25, -0.2) is 5.43 Å². The zero-order chi connectivity index (χ0) is 12.3. The summed E-state index contributed by atoms with van der Waals surface area (Å²) in [5.74, 6) is 6.36. The van der Waals surface area contributed by atoms with E-state index in [0.717, 1.165) is 22.9 Å². The van der Waals surface area contributed by atoms with Gasteiger partial charge in [0, 0.05) is 17.6 Å². The van der Waals surface area contributed by atoms with E-state index >= 15 is 0 Å². The minimum atomic E-state index is -0.153. The smallest absolute Gasteiger partial charge is 0.162 e. The first-order valence-corrected chi connectivity index (χ1v) is 6.14. The molecule has 2 rings (SSSR count). The number of hydrogen-bond acceptors (Lipinski definition) is 6. The molecule has 0 aromatic carbocycles. The van der Waals surface area contributed by atoms with Crippen LogP contribution in [0.4, 0.5) is 0 Å². The molecule has 1 atom stereocenters. The van der Waals surface area contributed by atoms with Crippen LogP contribution in [0.25, 0.3) is 0 Å². The fourth-order valence-electron chi connectivity index (χ4n) is 1.74. The summed E-state index contributed by atoms with van der Waals surface area (Å²) in [6.45, 7) is 2.78. The van der Waals surface area contributed by atoms with Gasteiger partial charge in [-0.3, -0.25) is 15.5 Å². The maximum Gasteiger partial charge on any atom is 0.162 e. The average Bonchev–Trinajstić information content (AvgIpc) is 2.99. The Morgan fingerprint density at radius 3 is 2.94 bits per heavy atom. The van der Waals surface area contributed by atoms with Gasteiger partial charge in [-0.05, 0) is 6.92 Å². The molecule has 2 aromatic rings. The van der Waals surface area contributed by atoms with Crippen LogP contribution in [0.5, 0.6) is 5.75 Å². The molecule has 0 aliphatic heterocycles. The second-order valence-corrected chi connectivity index (χ2v) is 4.34. The molecule has 1 unspecified atom stereocenters. The molecule has 6 nitrogen and oxygen atoms in total. The Labute approximate surface area is 103 Å². The first-order valence-electron chi connectivity index (χ1n) is 5.26. The SMILES string of the molecule is CCn1ncc(OC)c1C(NN)c1cncs1. The molecule has 0 bridgehead atoms. The Morgan fingerprint density at radius 1 is 1.59 bits per heavy atom. The predicted molar refractivity (Wildman–Crippen MR) is 65.7 cm³/mol. The van der Waals surface area contributed by atoms with Gasteiger partial charge in [-0.15, -0.1) is 11.3 Å². The quantitative estimate of drug-likeness (QED) is 0.612. The van der Waals surface area contributed by atoms with Crippen LogP contribution in [-0.2, 0) is 6.54 Å². The highest BCUT2D eigenvalue weighted by atomic mass is 32.1. The maximum absolute atomic E-state index is 5.63. The van der Waals surface area contributed by atoms with Gasteiger partial charge in [-0.2, -0.15) is 5.10 Å². The molecule has 3 N–H and O–H groups in total. The van der Waals surface area contributed by atoms with Crippen LogP contribution in [-0.4, -0.2) is 21.9 Å². The molecule has 7 heteroatoms. The van der Waals surface area contributed by atoms with Crippen molar-refractivity contribution in [1.29, 1.82) is 0 Å². The van der Waals surface area contributed by atoms with Crippen LogP contribution < -0.4 is 16.0 Å². The number of rotatable bonds is 5. The summed E-state index contributed by atoms with van der Waals surface area (Å²) in [5, 5.41) is 4.26. The summed E-state index contributed by atoms with van der Waals surface area (Å²) in [6, 6.07) is -0.153. The molecule has 0 aliphatic rings. The number of methoxy groups -OCH3 is 1. The van der Waals surface area contributed by atoms with E-state index in [4.69, 9.17) is 10.6 Å². The largest absolute Gasteiger partial charge is 0.493 e. The van der Waals surface area contributed by atoms with Gasteiger partial charge >= 0.3 is 0 Å².